The Morgan fingerprint density at radius 3 is 2.44 bits per heavy atom. The van der Waals surface area contributed by atoms with Crippen LogP contribution in [0.15, 0.2) is 28.7 Å². The fourth-order valence-corrected chi connectivity index (χ4v) is 5.69. The van der Waals surface area contributed by atoms with Crippen LogP contribution < -0.4 is 14.2 Å². The highest BCUT2D eigenvalue weighted by Crippen LogP contribution is 2.45. The number of rotatable bonds is 11. The number of thioether (sulfide) groups is 2. The quantitative estimate of drug-likeness (QED) is 0.442. The van der Waals surface area contributed by atoms with Crippen LogP contribution in [0.5, 0.6) is 17.2 Å². The van der Waals surface area contributed by atoms with Gasteiger partial charge in [0.2, 0.25) is 11.7 Å². The van der Waals surface area contributed by atoms with Gasteiger partial charge in [-0.1, -0.05) is 0 Å². The molecule has 176 valence electrons. The lowest BCUT2D eigenvalue weighted by atomic mass is 10.1. The first-order valence-electron chi connectivity index (χ1n) is 10.5. The van der Waals surface area contributed by atoms with Gasteiger partial charge < -0.3 is 28.4 Å². The first-order valence-corrected chi connectivity index (χ1v) is 12.7. The molecule has 2 aromatic rings. The number of hydrogen-bond donors (Lipinski definition) is 0. The summed E-state index contributed by atoms with van der Waals surface area (Å²) in [5.74, 6) is 6.28. The topological polar surface area (TPSA) is 64.4 Å². The molecular weight excluding hydrogens is 448 g/mol. The van der Waals surface area contributed by atoms with E-state index in [4.69, 9.17) is 18.6 Å². The number of hydrogen-bond acceptors (Lipinski definition) is 8. The zero-order chi connectivity index (χ0) is 23.1. The summed E-state index contributed by atoms with van der Waals surface area (Å²) in [6.07, 6.45) is 0.558. The number of furan rings is 1. The maximum absolute atomic E-state index is 12.8. The minimum Gasteiger partial charge on any atom is -0.493 e. The van der Waals surface area contributed by atoms with Gasteiger partial charge in [-0.2, -0.15) is 11.8 Å². The molecule has 0 radical (unpaired) electrons. The largest absolute Gasteiger partial charge is 0.493 e. The van der Waals surface area contributed by atoms with E-state index in [0.29, 0.717) is 30.2 Å². The summed E-state index contributed by atoms with van der Waals surface area (Å²) in [7, 11) is 8.84. The van der Waals surface area contributed by atoms with E-state index in [1.165, 1.54) is 0 Å². The Hall–Kier alpha value is -1.97. The van der Waals surface area contributed by atoms with Crippen LogP contribution in [-0.2, 0) is 17.1 Å². The highest BCUT2D eigenvalue weighted by atomic mass is 32.2. The number of carbonyl (C=O) groups excluding carboxylic acids is 1. The molecule has 1 aromatic heterocycles. The Labute approximate surface area is 198 Å². The van der Waals surface area contributed by atoms with Crippen molar-refractivity contribution in [1.82, 2.24) is 9.80 Å². The van der Waals surface area contributed by atoms with Gasteiger partial charge in [0.15, 0.2) is 11.5 Å². The van der Waals surface area contributed by atoms with Gasteiger partial charge in [-0.15, -0.1) is 11.8 Å². The zero-order valence-electron chi connectivity index (χ0n) is 19.4. The van der Waals surface area contributed by atoms with Crippen molar-refractivity contribution < 1.29 is 23.4 Å². The first kappa shape index (κ1) is 24.7. The minimum absolute atomic E-state index is 0.0825. The molecule has 0 spiro atoms. The monoisotopic (exact) mass is 480 g/mol. The van der Waals surface area contributed by atoms with Crippen molar-refractivity contribution in [3.05, 3.63) is 41.3 Å². The van der Waals surface area contributed by atoms with E-state index in [1.54, 1.807) is 44.9 Å². The van der Waals surface area contributed by atoms with Gasteiger partial charge >= 0.3 is 0 Å². The molecule has 1 atom stereocenters. The van der Waals surface area contributed by atoms with Crippen molar-refractivity contribution in [3.63, 3.8) is 0 Å². The zero-order valence-corrected chi connectivity index (χ0v) is 21.0. The van der Waals surface area contributed by atoms with Crippen LogP contribution in [-0.4, -0.2) is 69.2 Å². The predicted octanol–water partition coefficient (Wildman–Crippen LogP) is 4.26. The number of amides is 1. The minimum atomic E-state index is -0.0825. The molecule has 1 saturated heterocycles. The van der Waals surface area contributed by atoms with E-state index in [9.17, 15) is 4.79 Å². The van der Waals surface area contributed by atoms with Crippen LogP contribution in [0.25, 0.3) is 0 Å². The first-order chi connectivity index (χ1) is 15.5. The SMILES string of the molecule is COc1cc(C2SCCC(=O)N2CCSCc2ccc(CN(C)C)o2)cc(OC)c1OC. The third-order valence-corrected chi connectivity index (χ3v) is 7.32. The van der Waals surface area contributed by atoms with Gasteiger partial charge in [-0.3, -0.25) is 4.79 Å². The van der Waals surface area contributed by atoms with Crippen molar-refractivity contribution >= 4 is 29.4 Å². The van der Waals surface area contributed by atoms with E-state index in [2.05, 4.69) is 4.90 Å². The van der Waals surface area contributed by atoms with Gasteiger partial charge in [0.1, 0.15) is 16.9 Å². The van der Waals surface area contributed by atoms with Gasteiger partial charge in [-0.05, 0) is 43.9 Å². The Balaban J connectivity index is 1.66. The molecule has 0 bridgehead atoms. The number of methoxy groups -OCH3 is 3. The van der Waals surface area contributed by atoms with Crippen molar-refractivity contribution in [3.8, 4) is 17.2 Å². The van der Waals surface area contributed by atoms with Crippen LogP contribution in [0.4, 0.5) is 0 Å². The second kappa shape index (κ2) is 11.8. The number of carbonyl (C=O) groups is 1. The summed E-state index contributed by atoms with van der Waals surface area (Å²) in [6.45, 7) is 1.46. The van der Waals surface area contributed by atoms with Crippen LogP contribution in [0.3, 0.4) is 0 Å². The van der Waals surface area contributed by atoms with Gasteiger partial charge in [0.25, 0.3) is 0 Å². The molecule has 0 saturated carbocycles. The number of benzene rings is 1. The molecule has 3 rings (SSSR count). The lowest BCUT2D eigenvalue weighted by Gasteiger charge is -2.35. The summed E-state index contributed by atoms with van der Waals surface area (Å²) in [4.78, 5) is 16.8. The highest BCUT2D eigenvalue weighted by molar-refractivity contribution is 7.99. The predicted molar refractivity (Wildman–Crippen MR) is 130 cm³/mol. The van der Waals surface area contributed by atoms with E-state index >= 15 is 0 Å². The van der Waals surface area contributed by atoms with Crippen LogP contribution in [0.1, 0.15) is 28.9 Å². The summed E-state index contributed by atoms with van der Waals surface area (Å²) < 4.78 is 22.3. The Bertz CT molecular complexity index is 877. The molecule has 0 aliphatic carbocycles. The Morgan fingerprint density at radius 1 is 1.12 bits per heavy atom. The summed E-state index contributed by atoms with van der Waals surface area (Å²) >= 11 is 3.54. The Morgan fingerprint density at radius 2 is 1.81 bits per heavy atom. The molecule has 7 nitrogen and oxygen atoms in total. The van der Waals surface area contributed by atoms with E-state index in [-0.39, 0.29) is 11.3 Å². The smallest absolute Gasteiger partial charge is 0.224 e. The van der Waals surface area contributed by atoms with Crippen LogP contribution in [0.2, 0.25) is 0 Å². The molecule has 9 heteroatoms. The Kier molecular flexibility index (Phi) is 9.07. The maximum Gasteiger partial charge on any atom is 0.224 e. The average molecular weight is 481 g/mol. The molecule has 2 heterocycles. The highest BCUT2D eigenvalue weighted by Gasteiger charge is 2.31. The van der Waals surface area contributed by atoms with Crippen molar-refractivity contribution in [1.29, 1.82) is 0 Å². The van der Waals surface area contributed by atoms with E-state index < -0.39 is 0 Å². The molecule has 32 heavy (non-hydrogen) atoms. The molecule has 1 fully saturated rings. The standard InChI is InChI=1S/C23H32N2O5S2/c1-24(2)14-17-6-7-18(30-17)15-31-11-9-25-21(26)8-10-32-23(25)16-12-19(27-3)22(29-5)20(13-16)28-4/h6-7,12-13,23H,8-11,14-15H2,1-5H3. The van der Waals surface area contributed by atoms with E-state index in [0.717, 1.165) is 40.9 Å². The van der Waals surface area contributed by atoms with Crippen molar-refractivity contribution in [2.24, 2.45) is 0 Å². The molecular formula is C23H32N2O5S2. The van der Waals surface area contributed by atoms with Crippen molar-refractivity contribution in [2.75, 3.05) is 53.5 Å². The van der Waals surface area contributed by atoms with Crippen LogP contribution in [0, 0.1) is 0 Å². The third kappa shape index (κ3) is 6.08. The lowest BCUT2D eigenvalue weighted by Crippen LogP contribution is -2.38. The second-order valence-corrected chi connectivity index (χ2v) is 9.97. The third-order valence-electron chi connectivity index (χ3n) is 5.08. The van der Waals surface area contributed by atoms with Gasteiger partial charge in [-0.25, -0.2) is 0 Å². The molecule has 1 aromatic carbocycles. The summed E-state index contributed by atoms with van der Waals surface area (Å²) in [5, 5.41) is -0.0825. The normalized spacial score (nSPS) is 16.5. The second-order valence-electron chi connectivity index (χ2n) is 7.68. The van der Waals surface area contributed by atoms with E-state index in [1.807, 2.05) is 43.3 Å². The maximum atomic E-state index is 12.8. The molecule has 1 aliphatic rings. The number of nitrogens with zero attached hydrogens (tertiary/aromatic N) is 2. The molecule has 1 amide bonds. The molecule has 1 unspecified atom stereocenters. The fourth-order valence-electron chi connectivity index (χ4n) is 3.62. The van der Waals surface area contributed by atoms with Gasteiger partial charge in [0, 0.05) is 24.5 Å². The molecule has 1 aliphatic heterocycles. The summed E-state index contributed by atoms with van der Waals surface area (Å²) in [5.41, 5.74) is 0.974. The lowest BCUT2D eigenvalue weighted by molar-refractivity contribution is -0.131. The fraction of sp³-hybridized carbons (Fsp3) is 0.522. The van der Waals surface area contributed by atoms with Crippen LogP contribution >= 0.6 is 23.5 Å². The molecule has 0 N–H and O–H groups in total. The average Bonchev–Trinajstić information content (AvgIpc) is 3.22. The van der Waals surface area contributed by atoms with Gasteiger partial charge in [0.05, 0.1) is 33.6 Å². The van der Waals surface area contributed by atoms with Crippen molar-refractivity contribution in [2.45, 2.75) is 24.1 Å². The number of ether oxygens (including phenoxy) is 3. The summed E-state index contributed by atoms with van der Waals surface area (Å²) in [6, 6.07) is 7.94.